The summed E-state index contributed by atoms with van der Waals surface area (Å²) >= 11 is 0. The number of ketones is 1. The van der Waals surface area contributed by atoms with E-state index in [1.165, 1.54) is 5.56 Å². The van der Waals surface area contributed by atoms with Gasteiger partial charge >= 0.3 is 0 Å². The van der Waals surface area contributed by atoms with E-state index >= 15 is 0 Å². The molecule has 0 aliphatic rings. The van der Waals surface area contributed by atoms with Crippen molar-refractivity contribution < 1.29 is 9.53 Å². The smallest absolute Gasteiger partial charge is 0.131 e. The average molecular weight is 235 g/mol. The van der Waals surface area contributed by atoms with Crippen molar-refractivity contribution in [2.75, 3.05) is 13.2 Å². The Labute approximate surface area is 103 Å². The molecular formula is C14H21NO2. The third-order valence-corrected chi connectivity index (χ3v) is 2.52. The van der Waals surface area contributed by atoms with Crippen molar-refractivity contribution in [1.82, 2.24) is 5.32 Å². The average Bonchev–Trinajstić information content (AvgIpc) is 2.28. The maximum absolute atomic E-state index is 10.8. The first-order valence-electron chi connectivity index (χ1n) is 6.06. The fourth-order valence-electron chi connectivity index (χ4n) is 1.64. The van der Waals surface area contributed by atoms with Crippen LogP contribution in [0.2, 0.25) is 0 Å². The Morgan fingerprint density at radius 3 is 2.76 bits per heavy atom. The van der Waals surface area contributed by atoms with Gasteiger partial charge in [-0.3, -0.25) is 4.79 Å². The van der Waals surface area contributed by atoms with Crippen LogP contribution < -0.4 is 10.1 Å². The van der Waals surface area contributed by atoms with Gasteiger partial charge in [0.2, 0.25) is 0 Å². The molecule has 1 aromatic rings. The van der Waals surface area contributed by atoms with Gasteiger partial charge in [-0.1, -0.05) is 12.1 Å². The van der Waals surface area contributed by atoms with Crippen molar-refractivity contribution >= 4 is 5.78 Å². The molecule has 0 bridgehead atoms. The second-order valence-corrected chi connectivity index (χ2v) is 4.16. The number of Topliss-reactive ketones (excluding diaryl/α,β-unsaturated/α-hetero) is 1. The predicted molar refractivity (Wildman–Crippen MR) is 69.4 cm³/mol. The zero-order valence-corrected chi connectivity index (χ0v) is 10.9. The number of nitrogens with one attached hydrogen (secondary N) is 1. The third-order valence-electron chi connectivity index (χ3n) is 2.52. The number of ether oxygens (including phenoxy) is 1. The zero-order chi connectivity index (χ0) is 12.7. The van der Waals surface area contributed by atoms with Crippen molar-refractivity contribution in [3.05, 3.63) is 29.3 Å². The van der Waals surface area contributed by atoms with Crippen molar-refractivity contribution in [2.24, 2.45) is 0 Å². The number of hydrogen-bond donors (Lipinski definition) is 1. The van der Waals surface area contributed by atoms with Gasteiger partial charge in [0.1, 0.15) is 11.5 Å². The second-order valence-electron chi connectivity index (χ2n) is 4.16. The summed E-state index contributed by atoms with van der Waals surface area (Å²) in [5.41, 5.74) is 2.37. The lowest BCUT2D eigenvalue weighted by Gasteiger charge is -2.09. The highest BCUT2D eigenvalue weighted by molar-refractivity contribution is 5.75. The summed E-state index contributed by atoms with van der Waals surface area (Å²) in [4.78, 5) is 10.8. The Balaban J connectivity index is 2.44. The summed E-state index contributed by atoms with van der Waals surface area (Å²) in [7, 11) is 0. The van der Waals surface area contributed by atoms with Crippen LogP contribution in [0.5, 0.6) is 5.75 Å². The van der Waals surface area contributed by atoms with Crippen molar-refractivity contribution in [3.63, 3.8) is 0 Å². The topological polar surface area (TPSA) is 38.3 Å². The van der Waals surface area contributed by atoms with E-state index in [0.717, 1.165) is 24.4 Å². The summed E-state index contributed by atoms with van der Waals surface area (Å²) < 4.78 is 5.48. The molecule has 0 fully saturated rings. The lowest BCUT2D eigenvalue weighted by molar-refractivity contribution is -0.116. The number of hydrogen-bond acceptors (Lipinski definition) is 3. The minimum Gasteiger partial charge on any atom is -0.494 e. The molecule has 0 spiro atoms. The summed E-state index contributed by atoms with van der Waals surface area (Å²) in [6, 6.07) is 6.17. The van der Waals surface area contributed by atoms with Crippen LogP contribution in [0.3, 0.4) is 0 Å². The van der Waals surface area contributed by atoms with Gasteiger partial charge in [0.05, 0.1) is 6.61 Å². The minimum absolute atomic E-state index is 0.223. The molecule has 0 unspecified atom stereocenters. The molecule has 1 aromatic carbocycles. The third kappa shape index (κ3) is 5.00. The highest BCUT2D eigenvalue weighted by atomic mass is 16.5. The molecule has 0 aliphatic heterocycles. The van der Waals surface area contributed by atoms with Crippen molar-refractivity contribution in [3.8, 4) is 5.75 Å². The lowest BCUT2D eigenvalue weighted by atomic mass is 10.1. The molecule has 0 aromatic heterocycles. The zero-order valence-electron chi connectivity index (χ0n) is 10.9. The van der Waals surface area contributed by atoms with Crippen LogP contribution in [-0.4, -0.2) is 18.9 Å². The first-order chi connectivity index (χ1) is 8.13. The summed E-state index contributed by atoms with van der Waals surface area (Å²) in [5.74, 6) is 1.17. The van der Waals surface area contributed by atoms with E-state index in [1.54, 1.807) is 6.92 Å². The molecule has 0 amide bonds. The lowest BCUT2D eigenvalue weighted by Crippen LogP contribution is -2.16. The van der Waals surface area contributed by atoms with E-state index in [1.807, 2.05) is 19.9 Å². The molecule has 17 heavy (non-hydrogen) atoms. The first kappa shape index (κ1) is 13.7. The van der Waals surface area contributed by atoms with E-state index in [9.17, 15) is 4.79 Å². The number of carbonyl (C=O) groups is 1. The predicted octanol–water partition coefficient (Wildman–Crippen LogP) is 2.46. The number of benzene rings is 1. The van der Waals surface area contributed by atoms with Gasteiger partial charge in [-0.05, 0) is 38.0 Å². The van der Waals surface area contributed by atoms with E-state index < -0.39 is 0 Å². The number of carbonyl (C=O) groups excluding carboxylic acids is 1. The molecule has 0 saturated heterocycles. The number of aryl methyl sites for hydroxylation is 1. The molecule has 1 rings (SSSR count). The highest BCUT2D eigenvalue weighted by Crippen LogP contribution is 2.18. The Hall–Kier alpha value is -1.35. The van der Waals surface area contributed by atoms with Crippen molar-refractivity contribution in [1.29, 1.82) is 0 Å². The largest absolute Gasteiger partial charge is 0.494 e. The highest BCUT2D eigenvalue weighted by Gasteiger charge is 2.00. The molecule has 3 nitrogen and oxygen atoms in total. The summed E-state index contributed by atoms with van der Waals surface area (Å²) in [6.07, 6.45) is 0.593. The van der Waals surface area contributed by atoms with Gasteiger partial charge in [-0.15, -0.1) is 0 Å². The molecule has 0 radical (unpaired) electrons. The maximum Gasteiger partial charge on any atom is 0.131 e. The van der Waals surface area contributed by atoms with Gasteiger partial charge in [0, 0.05) is 19.5 Å². The van der Waals surface area contributed by atoms with E-state index in [4.69, 9.17) is 4.74 Å². The Morgan fingerprint density at radius 1 is 1.41 bits per heavy atom. The number of rotatable bonds is 7. The van der Waals surface area contributed by atoms with Crippen LogP contribution in [0, 0.1) is 6.92 Å². The van der Waals surface area contributed by atoms with E-state index in [0.29, 0.717) is 13.0 Å². The van der Waals surface area contributed by atoms with Crippen LogP contribution in [0.4, 0.5) is 0 Å². The molecule has 1 N–H and O–H groups in total. The van der Waals surface area contributed by atoms with E-state index in [-0.39, 0.29) is 5.78 Å². The molecule has 3 heteroatoms. The standard InChI is InChI=1S/C14H21NO2/c1-4-17-14-6-5-13(9-11(14)2)10-15-8-7-12(3)16/h5-6,9,15H,4,7-8,10H2,1-3H3. The molecule has 0 heterocycles. The van der Waals surface area contributed by atoms with Crippen LogP contribution in [0.15, 0.2) is 18.2 Å². The quantitative estimate of drug-likeness (QED) is 0.738. The monoisotopic (exact) mass is 235 g/mol. The van der Waals surface area contributed by atoms with Crippen molar-refractivity contribution in [2.45, 2.75) is 33.7 Å². The maximum atomic E-state index is 10.8. The molecule has 0 atom stereocenters. The fourth-order valence-corrected chi connectivity index (χ4v) is 1.64. The molecule has 0 saturated carbocycles. The summed E-state index contributed by atoms with van der Waals surface area (Å²) in [5, 5.41) is 3.25. The fraction of sp³-hybridized carbons (Fsp3) is 0.500. The van der Waals surface area contributed by atoms with E-state index in [2.05, 4.69) is 17.4 Å². The Kier molecular flexibility index (Phi) is 5.70. The SMILES string of the molecule is CCOc1ccc(CNCCC(C)=O)cc1C. The van der Waals surface area contributed by atoms with Gasteiger partial charge in [0.15, 0.2) is 0 Å². The van der Waals surface area contributed by atoms with Gasteiger partial charge in [-0.25, -0.2) is 0 Å². The summed E-state index contributed by atoms with van der Waals surface area (Å²) in [6.45, 7) is 7.86. The van der Waals surface area contributed by atoms with Gasteiger partial charge in [0.25, 0.3) is 0 Å². The second kappa shape index (κ2) is 7.07. The molecular weight excluding hydrogens is 214 g/mol. The molecule has 0 aliphatic carbocycles. The normalized spacial score (nSPS) is 10.3. The Morgan fingerprint density at radius 2 is 2.18 bits per heavy atom. The van der Waals surface area contributed by atoms with Gasteiger partial charge in [-0.2, -0.15) is 0 Å². The molecule has 94 valence electrons. The van der Waals surface area contributed by atoms with Gasteiger partial charge < -0.3 is 10.1 Å². The Bertz CT molecular complexity index is 374. The minimum atomic E-state index is 0.223. The van der Waals surface area contributed by atoms with Crippen LogP contribution in [-0.2, 0) is 11.3 Å². The van der Waals surface area contributed by atoms with Crippen LogP contribution >= 0.6 is 0 Å². The van der Waals surface area contributed by atoms with Crippen LogP contribution in [0.1, 0.15) is 31.4 Å². The first-order valence-corrected chi connectivity index (χ1v) is 6.06. The van der Waals surface area contributed by atoms with Crippen LogP contribution in [0.25, 0.3) is 0 Å².